The van der Waals surface area contributed by atoms with Gasteiger partial charge in [-0.2, -0.15) is 0 Å². The highest BCUT2D eigenvalue weighted by atomic mass is 16.6. The van der Waals surface area contributed by atoms with E-state index in [4.69, 9.17) is 9.15 Å². The predicted octanol–water partition coefficient (Wildman–Crippen LogP) is 3.38. The van der Waals surface area contributed by atoms with Crippen LogP contribution >= 0.6 is 0 Å². The van der Waals surface area contributed by atoms with Crippen molar-refractivity contribution in [3.63, 3.8) is 0 Å². The van der Waals surface area contributed by atoms with Crippen LogP contribution in [0.5, 0.6) is 0 Å². The van der Waals surface area contributed by atoms with Gasteiger partial charge in [-0.1, -0.05) is 17.7 Å². The maximum Gasteiger partial charge on any atom is 0.410 e. The minimum atomic E-state index is -0.770. The summed E-state index contributed by atoms with van der Waals surface area (Å²) in [5, 5.41) is 17.6. The van der Waals surface area contributed by atoms with E-state index in [1.165, 1.54) is 16.7 Å². The van der Waals surface area contributed by atoms with Crippen molar-refractivity contribution in [3.05, 3.63) is 46.2 Å². The van der Waals surface area contributed by atoms with E-state index < -0.39 is 6.10 Å². The van der Waals surface area contributed by atoms with Crippen LogP contribution < -0.4 is 0 Å². The number of aromatic nitrogens is 2. The first-order valence-corrected chi connectivity index (χ1v) is 10.9. The quantitative estimate of drug-likeness (QED) is 0.751. The molecule has 0 saturated carbocycles. The fourth-order valence-corrected chi connectivity index (χ4v) is 3.99. The lowest BCUT2D eigenvalue weighted by Gasteiger charge is -2.39. The monoisotopic (exact) mass is 430 g/mol. The average molecular weight is 431 g/mol. The van der Waals surface area contributed by atoms with Crippen molar-refractivity contribution in [2.24, 2.45) is 0 Å². The molecule has 1 amide bonds. The zero-order chi connectivity index (χ0) is 22.7. The molecule has 1 fully saturated rings. The second-order valence-corrected chi connectivity index (χ2v) is 8.81. The van der Waals surface area contributed by atoms with Gasteiger partial charge in [0.25, 0.3) is 0 Å². The summed E-state index contributed by atoms with van der Waals surface area (Å²) in [6, 6.07) is 4.47. The number of ether oxygens (including phenoxy) is 1. The van der Waals surface area contributed by atoms with E-state index >= 15 is 0 Å². The SMILES string of the molecule is Cc1cc(Cc2nnc([C@H](C)O)o2)c(C)c(CN2CCN(C(=O)OC(C)C)[C@@H](C)C2)c1. The normalized spacial score (nSPS) is 18.5. The Labute approximate surface area is 184 Å². The van der Waals surface area contributed by atoms with Crippen molar-refractivity contribution in [1.82, 2.24) is 20.0 Å². The van der Waals surface area contributed by atoms with Gasteiger partial charge in [-0.05, 0) is 58.2 Å². The molecule has 1 N–H and O–H groups in total. The average Bonchev–Trinajstić information content (AvgIpc) is 3.14. The molecule has 3 rings (SSSR count). The molecule has 1 saturated heterocycles. The first-order chi connectivity index (χ1) is 14.6. The molecule has 8 nitrogen and oxygen atoms in total. The zero-order valence-corrected chi connectivity index (χ0v) is 19.4. The van der Waals surface area contributed by atoms with Crippen molar-refractivity contribution in [2.45, 2.75) is 72.8 Å². The lowest BCUT2D eigenvalue weighted by molar-refractivity contribution is 0.0349. The third kappa shape index (κ3) is 5.83. The zero-order valence-electron chi connectivity index (χ0n) is 19.4. The van der Waals surface area contributed by atoms with Gasteiger partial charge in [-0.15, -0.1) is 10.2 Å². The van der Waals surface area contributed by atoms with Gasteiger partial charge in [0, 0.05) is 32.2 Å². The van der Waals surface area contributed by atoms with Crippen molar-refractivity contribution < 1.29 is 19.1 Å². The number of aryl methyl sites for hydroxylation is 1. The van der Waals surface area contributed by atoms with Crippen LogP contribution in [0.15, 0.2) is 16.5 Å². The van der Waals surface area contributed by atoms with Gasteiger partial charge in [0.1, 0.15) is 6.10 Å². The van der Waals surface area contributed by atoms with E-state index in [0.29, 0.717) is 18.9 Å². The Bertz CT molecular complexity index is 909. The second-order valence-electron chi connectivity index (χ2n) is 8.81. The number of carbonyl (C=O) groups is 1. The standard InChI is InChI=1S/C23H34N4O4/c1-14(2)30-23(29)27-8-7-26(12-16(27)4)13-20-10-15(3)9-19(17(20)5)11-21-24-25-22(31-21)18(6)28/h9-10,14,16,18,28H,7-8,11-13H2,1-6H3/t16-,18-/m0/s1. The van der Waals surface area contributed by atoms with E-state index in [9.17, 15) is 9.90 Å². The molecule has 2 aromatic rings. The Balaban J connectivity index is 1.69. The molecular weight excluding hydrogens is 396 g/mol. The molecule has 0 bridgehead atoms. The summed E-state index contributed by atoms with van der Waals surface area (Å²) in [6.07, 6.45) is -0.575. The minimum Gasteiger partial charge on any atom is -0.447 e. The molecule has 0 unspecified atom stereocenters. The summed E-state index contributed by atoms with van der Waals surface area (Å²) in [7, 11) is 0. The Morgan fingerprint density at radius 2 is 1.94 bits per heavy atom. The largest absolute Gasteiger partial charge is 0.447 e. The molecule has 1 aromatic heterocycles. The van der Waals surface area contributed by atoms with E-state index in [2.05, 4.69) is 48.0 Å². The molecule has 2 heterocycles. The fourth-order valence-electron chi connectivity index (χ4n) is 3.99. The molecule has 0 radical (unpaired) electrons. The van der Waals surface area contributed by atoms with Crippen molar-refractivity contribution >= 4 is 6.09 Å². The number of benzene rings is 1. The first-order valence-electron chi connectivity index (χ1n) is 10.9. The summed E-state index contributed by atoms with van der Waals surface area (Å²) in [6.45, 7) is 14.7. The van der Waals surface area contributed by atoms with Crippen LogP contribution in [-0.2, 0) is 17.7 Å². The second kappa shape index (κ2) is 9.78. The molecule has 1 aliphatic heterocycles. The van der Waals surface area contributed by atoms with Gasteiger partial charge < -0.3 is 19.2 Å². The number of aliphatic hydroxyl groups excluding tert-OH is 1. The molecule has 170 valence electrons. The van der Waals surface area contributed by atoms with Crippen LogP contribution in [0.1, 0.15) is 67.8 Å². The molecular formula is C23H34N4O4. The van der Waals surface area contributed by atoms with Gasteiger partial charge in [0.05, 0.1) is 12.5 Å². The Kier molecular flexibility index (Phi) is 7.33. The van der Waals surface area contributed by atoms with Crippen LogP contribution in [0.4, 0.5) is 4.79 Å². The smallest absolute Gasteiger partial charge is 0.410 e. The number of aliphatic hydroxyl groups is 1. The van der Waals surface area contributed by atoms with Gasteiger partial charge in [-0.3, -0.25) is 4.90 Å². The number of hydrogen-bond acceptors (Lipinski definition) is 7. The lowest BCUT2D eigenvalue weighted by Crippen LogP contribution is -2.54. The highest BCUT2D eigenvalue weighted by Gasteiger charge is 2.29. The van der Waals surface area contributed by atoms with E-state index in [0.717, 1.165) is 25.2 Å². The van der Waals surface area contributed by atoms with Gasteiger partial charge in [0.15, 0.2) is 0 Å². The van der Waals surface area contributed by atoms with Crippen molar-refractivity contribution in [2.75, 3.05) is 19.6 Å². The summed E-state index contributed by atoms with van der Waals surface area (Å²) in [5.74, 6) is 0.741. The lowest BCUT2D eigenvalue weighted by atomic mass is 9.96. The molecule has 1 aliphatic rings. The van der Waals surface area contributed by atoms with E-state index in [-0.39, 0.29) is 24.1 Å². The summed E-state index contributed by atoms with van der Waals surface area (Å²) < 4.78 is 10.9. The Hall–Kier alpha value is -2.45. The maximum absolute atomic E-state index is 12.3. The minimum absolute atomic E-state index is 0.0990. The molecule has 1 aromatic carbocycles. The number of hydrogen-bond donors (Lipinski definition) is 1. The molecule has 0 spiro atoms. The summed E-state index contributed by atoms with van der Waals surface area (Å²) in [4.78, 5) is 16.5. The molecule has 0 aliphatic carbocycles. The number of carbonyl (C=O) groups excluding carboxylic acids is 1. The van der Waals surface area contributed by atoms with Crippen LogP contribution in [0.3, 0.4) is 0 Å². The number of nitrogens with zero attached hydrogens (tertiary/aromatic N) is 4. The maximum atomic E-state index is 12.3. The Morgan fingerprint density at radius 1 is 1.23 bits per heavy atom. The molecule has 2 atom stereocenters. The third-order valence-electron chi connectivity index (χ3n) is 5.63. The number of piperazine rings is 1. The number of rotatable bonds is 6. The summed E-state index contributed by atoms with van der Waals surface area (Å²) in [5.41, 5.74) is 4.79. The van der Waals surface area contributed by atoms with Crippen LogP contribution in [-0.4, -0.2) is 63.0 Å². The van der Waals surface area contributed by atoms with Gasteiger partial charge in [0.2, 0.25) is 11.8 Å². The van der Waals surface area contributed by atoms with Crippen LogP contribution in [0.2, 0.25) is 0 Å². The predicted molar refractivity (Wildman–Crippen MR) is 117 cm³/mol. The fraction of sp³-hybridized carbons (Fsp3) is 0.609. The molecule has 8 heteroatoms. The van der Waals surface area contributed by atoms with Crippen molar-refractivity contribution in [3.8, 4) is 0 Å². The summed E-state index contributed by atoms with van der Waals surface area (Å²) >= 11 is 0. The topological polar surface area (TPSA) is 91.9 Å². The molecule has 31 heavy (non-hydrogen) atoms. The highest BCUT2D eigenvalue weighted by Crippen LogP contribution is 2.23. The first kappa shape index (κ1) is 23.2. The number of amides is 1. The highest BCUT2D eigenvalue weighted by molar-refractivity contribution is 5.68. The Morgan fingerprint density at radius 3 is 2.55 bits per heavy atom. The van der Waals surface area contributed by atoms with E-state index in [1.807, 2.05) is 18.7 Å². The van der Waals surface area contributed by atoms with Crippen molar-refractivity contribution in [1.29, 1.82) is 0 Å². The van der Waals surface area contributed by atoms with E-state index in [1.54, 1.807) is 6.92 Å². The van der Waals surface area contributed by atoms with Gasteiger partial charge >= 0.3 is 6.09 Å². The van der Waals surface area contributed by atoms with Crippen LogP contribution in [0, 0.1) is 13.8 Å². The third-order valence-corrected chi connectivity index (χ3v) is 5.63. The van der Waals surface area contributed by atoms with Crippen LogP contribution in [0.25, 0.3) is 0 Å². The van der Waals surface area contributed by atoms with Gasteiger partial charge in [-0.25, -0.2) is 4.79 Å².